The molecule has 26 heavy (non-hydrogen) atoms. The zero-order chi connectivity index (χ0) is 18.7. The van der Waals surface area contributed by atoms with Gasteiger partial charge in [0.25, 0.3) is 5.91 Å². The Labute approximate surface area is 163 Å². The number of carbonyl (C=O) groups is 1. The van der Waals surface area contributed by atoms with Crippen LogP contribution in [0.15, 0.2) is 53.4 Å². The fraction of sp³-hybridized carbons (Fsp3) is 0.200. The number of hydrogen-bond donors (Lipinski definition) is 0. The molecule has 0 saturated carbocycles. The normalized spacial score (nSPS) is 15.7. The van der Waals surface area contributed by atoms with Gasteiger partial charge in [-0.1, -0.05) is 48.2 Å². The quantitative estimate of drug-likeness (QED) is 0.571. The third kappa shape index (κ3) is 4.08. The van der Waals surface area contributed by atoms with Gasteiger partial charge in [0.1, 0.15) is 10.1 Å². The lowest BCUT2D eigenvalue weighted by molar-refractivity contribution is -0.122. The predicted molar refractivity (Wildman–Crippen MR) is 112 cm³/mol. The van der Waals surface area contributed by atoms with Crippen molar-refractivity contribution in [1.82, 2.24) is 4.90 Å². The Bertz CT molecular complexity index is 843. The minimum atomic E-state index is -0.0486. The Hall–Kier alpha value is -2.31. The minimum absolute atomic E-state index is 0.0486. The molecule has 0 aromatic heterocycles. The van der Waals surface area contributed by atoms with Crippen molar-refractivity contribution in [2.45, 2.75) is 6.54 Å². The highest BCUT2D eigenvalue weighted by molar-refractivity contribution is 8.26. The molecule has 6 heteroatoms. The molecular formula is C20H20N2O2S2. The first-order valence-corrected chi connectivity index (χ1v) is 9.36. The number of hydrogen-bond acceptors (Lipinski definition) is 5. The summed E-state index contributed by atoms with van der Waals surface area (Å²) < 4.78 is 5.75. The van der Waals surface area contributed by atoms with Crippen LogP contribution in [0.5, 0.6) is 5.75 Å². The highest BCUT2D eigenvalue weighted by Crippen LogP contribution is 2.34. The number of nitrogens with zero attached hydrogens (tertiary/aromatic N) is 2. The van der Waals surface area contributed by atoms with Crippen molar-refractivity contribution in [3.8, 4) is 5.75 Å². The van der Waals surface area contributed by atoms with E-state index in [2.05, 4.69) is 0 Å². The van der Waals surface area contributed by atoms with Gasteiger partial charge in [-0.15, -0.1) is 0 Å². The fourth-order valence-electron chi connectivity index (χ4n) is 2.57. The Morgan fingerprint density at radius 2 is 1.77 bits per heavy atom. The molecular weight excluding hydrogens is 364 g/mol. The minimum Gasteiger partial charge on any atom is -0.497 e. The van der Waals surface area contributed by atoms with Crippen LogP contribution < -0.4 is 9.64 Å². The van der Waals surface area contributed by atoms with Crippen LogP contribution in [-0.4, -0.2) is 36.3 Å². The first kappa shape index (κ1) is 18.5. The summed E-state index contributed by atoms with van der Waals surface area (Å²) in [6, 6.07) is 15.7. The number of ether oxygens (including phenoxy) is 1. The second-order valence-electron chi connectivity index (χ2n) is 6.10. The number of thioether (sulfide) groups is 1. The van der Waals surface area contributed by atoms with Gasteiger partial charge in [-0.05, 0) is 41.5 Å². The van der Waals surface area contributed by atoms with Crippen molar-refractivity contribution in [3.63, 3.8) is 0 Å². The highest BCUT2D eigenvalue weighted by atomic mass is 32.2. The Kier molecular flexibility index (Phi) is 5.64. The molecule has 2 aromatic rings. The Balaban J connectivity index is 1.75. The largest absolute Gasteiger partial charge is 0.497 e. The first-order chi connectivity index (χ1) is 12.5. The van der Waals surface area contributed by atoms with E-state index < -0.39 is 0 Å². The van der Waals surface area contributed by atoms with E-state index in [1.165, 1.54) is 11.8 Å². The highest BCUT2D eigenvalue weighted by Gasteiger charge is 2.31. The summed E-state index contributed by atoms with van der Waals surface area (Å²) in [5.74, 6) is 0.743. The molecule has 2 aromatic carbocycles. The molecule has 0 N–H and O–H groups in total. The third-order valence-electron chi connectivity index (χ3n) is 4.08. The maximum atomic E-state index is 12.7. The predicted octanol–water partition coefficient (Wildman–Crippen LogP) is 4.16. The van der Waals surface area contributed by atoms with Gasteiger partial charge in [-0.3, -0.25) is 9.69 Å². The van der Waals surface area contributed by atoms with Gasteiger partial charge >= 0.3 is 0 Å². The molecule has 0 spiro atoms. The van der Waals surface area contributed by atoms with Gasteiger partial charge < -0.3 is 9.64 Å². The van der Waals surface area contributed by atoms with Gasteiger partial charge in [0, 0.05) is 19.8 Å². The Morgan fingerprint density at radius 3 is 2.35 bits per heavy atom. The summed E-state index contributed by atoms with van der Waals surface area (Å²) in [6.07, 6.45) is 1.90. The summed E-state index contributed by atoms with van der Waals surface area (Å²) in [7, 11) is 5.63. The summed E-state index contributed by atoms with van der Waals surface area (Å²) in [4.78, 5) is 17.1. The molecule has 0 radical (unpaired) electrons. The van der Waals surface area contributed by atoms with E-state index in [0.717, 1.165) is 22.6 Å². The van der Waals surface area contributed by atoms with Crippen LogP contribution in [0.2, 0.25) is 0 Å². The molecule has 0 bridgehead atoms. The van der Waals surface area contributed by atoms with Crippen LogP contribution in [0.25, 0.3) is 6.08 Å². The SMILES string of the molecule is COc1ccc(CN2C(=O)C(=Cc3ccc(N(C)C)cc3)SC2=S)cc1. The molecule has 1 aliphatic rings. The van der Waals surface area contributed by atoms with E-state index in [1.807, 2.05) is 73.6 Å². The van der Waals surface area contributed by atoms with Crippen molar-refractivity contribution in [2.24, 2.45) is 0 Å². The van der Waals surface area contributed by atoms with Crippen LogP contribution in [0.4, 0.5) is 5.69 Å². The van der Waals surface area contributed by atoms with E-state index in [1.54, 1.807) is 12.0 Å². The van der Waals surface area contributed by atoms with Crippen LogP contribution in [0, 0.1) is 0 Å². The number of anilines is 1. The molecule has 134 valence electrons. The van der Waals surface area contributed by atoms with Crippen molar-refractivity contribution < 1.29 is 9.53 Å². The topological polar surface area (TPSA) is 32.8 Å². The van der Waals surface area contributed by atoms with E-state index >= 15 is 0 Å². The fourth-order valence-corrected chi connectivity index (χ4v) is 3.82. The summed E-state index contributed by atoms with van der Waals surface area (Å²) in [5, 5.41) is 0. The number of carbonyl (C=O) groups excluding carboxylic acids is 1. The molecule has 1 heterocycles. The number of thiocarbonyl (C=S) groups is 1. The lowest BCUT2D eigenvalue weighted by Crippen LogP contribution is -2.27. The molecule has 1 saturated heterocycles. The van der Waals surface area contributed by atoms with E-state index in [-0.39, 0.29) is 5.91 Å². The van der Waals surface area contributed by atoms with Gasteiger partial charge in [0.15, 0.2) is 0 Å². The van der Waals surface area contributed by atoms with Crippen molar-refractivity contribution in [3.05, 3.63) is 64.6 Å². The maximum Gasteiger partial charge on any atom is 0.266 e. The summed E-state index contributed by atoms with van der Waals surface area (Å²) in [5.41, 5.74) is 3.12. The van der Waals surface area contributed by atoms with E-state index in [0.29, 0.717) is 15.8 Å². The van der Waals surface area contributed by atoms with Crippen molar-refractivity contribution in [1.29, 1.82) is 0 Å². The van der Waals surface area contributed by atoms with Crippen LogP contribution in [0.1, 0.15) is 11.1 Å². The number of methoxy groups -OCH3 is 1. The van der Waals surface area contributed by atoms with Crippen LogP contribution >= 0.6 is 24.0 Å². The first-order valence-electron chi connectivity index (χ1n) is 8.13. The molecule has 3 rings (SSSR count). The molecule has 1 aliphatic heterocycles. The number of benzene rings is 2. The van der Waals surface area contributed by atoms with Gasteiger partial charge in [-0.25, -0.2) is 0 Å². The molecule has 4 nitrogen and oxygen atoms in total. The standard InChI is InChI=1S/C20H20N2O2S2/c1-21(2)16-8-4-14(5-9-16)12-18-19(23)22(20(25)26-18)13-15-6-10-17(24-3)11-7-15/h4-12H,13H2,1-3H3. The second-order valence-corrected chi connectivity index (χ2v) is 7.78. The smallest absolute Gasteiger partial charge is 0.266 e. The average Bonchev–Trinajstić information content (AvgIpc) is 2.90. The van der Waals surface area contributed by atoms with Gasteiger partial charge in [0.05, 0.1) is 18.6 Å². The summed E-state index contributed by atoms with van der Waals surface area (Å²) >= 11 is 6.76. The van der Waals surface area contributed by atoms with Crippen molar-refractivity contribution >= 4 is 46.0 Å². The molecule has 1 fully saturated rings. The zero-order valence-corrected chi connectivity index (χ0v) is 16.6. The Morgan fingerprint density at radius 1 is 1.12 bits per heavy atom. The maximum absolute atomic E-state index is 12.7. The lowest BCUT2D eigenvalue weighted by atomic mass is 10.1. The van der Waals surface area contributed by atoms with Crippen LogP contribution in [-0.2, 0) is 11.3 Å². The van der Waals surface area contributed by atoms with Gasteiger partial charge in [0.2, 0.25) is 0 Å². The average molecular weight is 385 g/mol. The van der Waals surface area contributed by atoms with Crippen molar-refractivity contribution in [2.75, 3.05) is 26.1 Å². The monoisotopic (exact) mass is 384 g/mol. The second kappa shape index (κ2) is 7.93. The zero-order valence-electron chi connectivity index (χ0n) is 14.9. The van der Waals surface area contributed by atoms with E-state index in [4.69, 9.17) is 17.0 Å². The molecule has 0 atom stereocenters. The number of amides is 1. The van der Waals surface area contributed by atoms with Crippen LogP contribution in [0.3, 0.4) is 0 Å². The number of rotatable bonds is 5. The third-order valence-corrected chi connectivity index (χ3v) is 5.46. The molecule has 0 unspecified atom stereocenters. The lowest BCUT2D eigenvalue weighted by Gasteiger charge is -2.14. The molecule has 1 amide bonds. The molecule has 0 aliphatic carbocycles. The summed E-state index contributed by atoms with van der Waals surface area (Å²) in [6.45, 7) is 0.464. The van der Waals surface area contributed by atoms with E-state index in [9.17, 15) is 4.79 Å². The van der Waals surface area contributed by atoms with Gasteiger partial charge in [-0.2, -0.15) is 0 Å².